The summed E-state index contributed by atoms with van der Waals surface area (Å²) in [5, 5.41) is 8.77. The number of fused-ring (bicyclic) bond motifs is 1. The molecule has 2 aromatic rings. The van der Waals surface area contributed by atoms with Gasteiger partial charge in [0.05, 0.1) is 10.9 Å². The summed E-state index contributed by atoms with van der Waals surface area (Å²) in [6.45, 7) is 1.10. The summed E-state index contributed by atoms with van der Waals surface area (Å²) in [6, 6.07) is 4.08. The Bertz CT molecular complexity index is 399. The van der Waals surface area contributed by atoms with Crippen LogP contribution in [0, 0.1) is 0 Å². The molecule has 3 heterocycles. The Balaban J connectivity index is 1.80. The Morgan fingerprint density at radius 3 is 3.36 bits per heavy atom. The third kappa shape index (κ3) is 1.40. The number of rotatable bonds is 2. The highest BCUT2D eigenvalue weighted by molar-refractivity contribution is 7.17. The van der Waals surface area contributed by atoms with E-state index in [1.54, 1.807) is 11.3 Å². The zero-order chi connectivity index (χ0) is 9.38. The average Bonchev–Trinajstić information content (AvgIpc) is 2.78. The van der Waals surface area contributed by atoms with Gasteiger partial charge in [-0.05, 0) is 30.8 Å². The van der Waals surface area contributed by atoms with E-state index in [9.17, 15) is 0 Å². The molecule has 1 fully saturated rings. The van der Waals surface area contributed by atoms with Crippen LogP contribution in [0.5, 0.6) is 0 Å². The maximum absolute atomic E-state index is 5.63. The van der Waals surface area contributed by atoms with E-state index in [1.807, 2.05) is 11.4 Å². The molecule has 2 aromatic heterocycles. The standard InChI is InChI=1S/C10H12N2OS/c1-2-9(11-4-1)12-10-6-8-7(13-10)3-5-14-8/h3,5-6,9,11-12H,1-2,4H2. The smallest absolute Gasteiger partial charge is 0.196 e. The van der Waals surface area contributed by atoms with Gasteiger partial charge in [0, 0.05) is 6.07 Å². The predicted molar refractivity (Wildman–Crippen MR) is 58.7 cm³/mol. The summed E-state index contributed by atoms with van der Waals surface area (Å²) in [4.78, 5) is 0. The van der Waals surface area contributed by atoms with Crippen molar-refractivity contribution in [2.24, 2.45) is 0 Å². The van der Waals surface area contributed by atoms with Crippen molar-refractivity contribution in [3.8, 4) is 0 Å². The quantitative estimate of drug-likeness (QED) is 0.796. The van der Waals surface area contributed by atoms with E-state index < -0.39 is 0 Å². The van der Waals surface area contributed by atoms with Crippen LogP contribution in [0.25, 0.3) is 10.3 Å². The molecule has 14 heavy (non-hydrogen) atoms. The number of thiophene rings is 1. The Morgan fingerprint density at radius 1 is 1.57 bits per heavy atom. The molecule has 1 unspecified atom stereocenters. The molecule has 0 radical (unpaired) electrons. The highest BCUT2D eigenvalue weighted by Gasteiger charge is 2.15. The molecule has 1 aliphatic rings. The maximum Gasteiger partial charge on any atom is 0.196 e. The zero-order valence-electron chi connectivity index (χ0n) is 7.75. The van der Waals surface area contributed by atoms with Gasteiger partial charge in [-0.15, -0.1) is 11.3 Å². The van der Waals surface area contributed by atoms with E-state index in [4.69, 9.17) is 4.42 Å². The van der Waals surface area contributed by atoms with Crippen molar-refractivity contribution in [3.63, 3.8) is 0 Å². The van der Waals surface area contributed by atoms with Crippen molar-refractivity contribution >= 4 is 27.5 Å². The van der Waals surface area contributed by atoms with Crippen LogP contribution in [0.15, 0.2) is 21.9 Å². The highest BCUT2D eigenvalue weighted by Crippen LogP contribution is 2.28. The molecule has 1 aliphatic heterocycles. The number of anilines is 1. The van der Waals surface area contributed by atoms with E-state index in [0.717, 1.165) is 18.0 Å². The number of hydrogen-bond acceptors (Lipinski definition) is 4. The van der Waals surface area contributed by atoms with Crippen LogP contribution in [0.4, 0.5) is 5.88 Å². The number of furan rings is 1. The highest BCUT2D eigenvalue weighted by atomic mass is 32.1. The third-order valence-electron chi connectivity index (χ3n) is 2.52. The number of hydrogen-bond donors (Lipinski definition) is 2. The van der Waals surface area contributed by atoms with Crippen LogP contribution < -0.4 is 10.6 Å². The lowest BCUT2D eigenvalue weighted by Gasteiger charge is -2.10. The Hall–Kier alpha value is -1.00. The molecule has 0 bridgehead atoms. The molecule has 1 saturated heterocycles. The summed E-state index contributed by atoms with van der Waals surface area (Å²) in [5.41, 5.74) is 0.982. The van der Waals surface area contributed by atoms with Crippen molar-refractivity contribution in [1.82, 2.24) is 5.32 Å². The minimum Gasteiger partial charge on any atom is -0.440 e. The molecule has 0 aliphatic carbocycles. The average molecular weight is 208 g/mol. The van der Waals surface area contributed by atoms with Gasteiger partial charge in [0.15, 0.2) is 5.88 Å². The SMILES string of the molecule is c1cc2oc(NC3CCCN3)cc2s1. The van der Waals surface area contributed by atoms with Gasteiger partial charge < -0.3 is 9.73 Å². The summed E-state index contributed by atoms with van der Waals surface area (Å²) in [7, 11) is 0. The second-order valence-electron chi connectivity index (χ2n) is 3.55. The molecule has 3 rings (SSSR count). The van der Waals surface area contributed by atoms with E-state index in [2.05, 4.69) is 16.7 Å². The molecule has 1 atom stereocenters. The fraction of sp³-hybridized carbons (Fsp3) is 0.400. The molecule has 0 saturated carbocycles. The van der Waals surface area contributed by atoms with Crippen LogP contribution in [-0.4, -0.2) is 12.7 Å². The lowest BCUT2D eigenvalue weighted by atomic mass is 10.3. The van der Waals surface area contributed by atoms with Crippen LogP contribution in [0.2, 0.25) is 0 Å². The second kappa shape index (κ2) is 3.29. The minimum atomic E-state index is 0.384. The first-order valence-corrected chi connectivity index (χ1v) is 5.77. The van der Waals surface area contributed by atoms with Gasteiger partial charge in [-0.1, -0.05) is 0 Å². The lowest BCUT2D eigenvalue weighted by Crippen LogP contribution is -2.29. The Labute approximate surface area is 86.1 Å². The van der Waals surface area contributed by atoms with E-state index in [0.29, 0.717) is 6.17 Å². The van der Waals surface area contributed by atoms with Crippen LogP contribution >= 0.6 is 11.3 Å². The Morgan fingerprint density at radius 2 is 2.57 bits per heavy atom. The fourth-order valence-electron chi connectivity index (χ4n) is 1.82. The molecule has 4 heteroatoms. The van der Waals surface area contributed by atoms with Crippen molar-refractivity contribution < 1.29 is 4.42 Å². The molecule has 0 aromatic carbocycles. The third-order valence-corrected chi connectivity index (χ3v) is 3.36. The van der Waals surface area contributed by atoms with E-state index in [1.165, 1.54) is 17.5 Å². The second-order valence-corrected chi connectivity index (χ2v) is 4.50. The summed E-state index contributed by atoms with van der Waals surface area (Å²) in [5.74, 6) is 0.881. The van der Waals surface area contributed by atoms with Gasteiger partial charge in [0.2, 0.25) is 0 Å². The Kier molecular flexibility index (Phi) is 1.96. The van der Waals surface area contributed by atoms with E-state index in [-0.39, 0.29) is 0 Å². The van der Waals surface area contributed by atoms with Crippen LogP contribution in [0.1, 0.15) is 12.8 Å². The van der Waals surface area contributed by atoms with Gasteiger partial charge in [-0.2, -0.15) is 0 Å². The predicted octanol–water partition coefficient (Wildman–Crippen LogP) is 2.62. The molecule has 3 nitrogen and oxygen atoms in total. The first-order valence-electron chi connectivity index (χ1n) is 4.89. The summed E-state index contributed by atoms with van der Waals surface area (Å²) < 4.78 is 6.84. The first-order chi connectivity index (χ1) is 6.92. The monoisotopic (exact) mass is 208 g/mol. The zero-order valence-corrected chi connectivity index (χ0v) is 8.56. The first kappa shape index (κ1) is 8.32. The van der Waals surface area contributed by atoms with Gasteiger partial charge in [0.1, 0.15) is 5.58 Å². The summed E-state index contributed by atoms with van der Waals surface area (Å²) >= 11 is 1.71. The van der Waals surface area contributed by atoms with Crippen LogP contribution in [0.3, 0.4) is 0 Å². The molecular weight excluding hydrogens is 196 g/mol. The van der Waals surface area contributed by atoms with Crippen molar-refractivity contribution in [2.75, 3.05) is 11.9 Å². The van der Waals surface area contributed by atoms with E-state index >= 15 is 0 Å². The molecule has 2 N–H and O–H groups in total. The fourth-order valence-corrected chi connectivity index (χ4v) is 2.56. The van der Waals surface area contributed by atoms with Crippen molar-refractivity contribution in [2.45, 2.75) is 19.0 Å². The van der Waals surface area contributed by atoms with Gasteiger partial charge in [-0.3, -0.25) is 5.32 Å². The van der Waals surface area contributed by atoms with Gasteiger partial charge >= 0.3 is 0 Å². The molecule has 0 amide bonds. The number of nitrogens with one attached hydrogen (secondary N) is 2. The topological polar surface area (TPSA) is 37.2 Å². The maximum atomic E-state index is 5.63. The normalized spacial score (nSPS) is 21.9. The van der Waals surface area contributed by atoms with Gasteiger partial charge in [-0.25, -0.2) is 0 Å². The molecular formula is C10H12N2OS. The van der Waals surface area contributed by atoms with Crippen molar-refractivity contribution in [1.29, 1.82) is 0 Å². The molecule has 74 valence electrons. The van der Waals surface area contributed by atoms with Crippen LogP contribution in [-0.2, 0) is 0 Å². The lowest BCUT2D eigenvalue weighted by molar-refractivity contribution is 0.590. The molecule has 0 spiro atoms. The minimum absolute atomic E-state index is 0.384. The van der Waals surface area contributed by atoms with Crippen molar-refractivity contribution in [3.05, 3.63) is 17.5 Å². The summed E-state index contributed by atoms with van der Waals surface area (Å²) in [6.07, 6.45) is 2.80. The largest absolute Gasteiger partial charge is 0.440 e. The van der Waals surface area contributed by atoms with Gasteiger partial charge in [0.25, 0.3) is 0 Å².